The number of rotatable bonds is 9. The normalized spacial score (nSPS) is 16.5. The zero-order valence-corrected chi connectivity index (χ0v) is 17.3. The van der Waals surface area contributed by atoms with Gasteiger partial charge in [-0.1, -0.05) is 33.3 Å². The summed E-state index contributed by atoms with van der Waals surface area (Å²) in [6.45, 7) is 8.90. The van der Waals surface area contributed by atoms with Crippen LogP contribution in [0, 0.1) is 5.92 Å². The molecule has 2 amide bonds. The monoisotopic (exact) mass is 390 g/mol. The van der Waals surface area contributed by atoms with Gasteiger partial charge in [0, 0.05) is 5.70 Å². The van der Waals surface area contributed by atoms with Crippen LogP contribution < -0.4 is 20.1 Å². The molecule has 154 valence electrons. The SMILES string of the molecule is CCCCOc1ccc(C2NC(=O)NC(C(C)C)=C2C(=O)OC)cc1OCC. The Kier molecular flexibility index (Phi) is 7.72. The number of nitrogens with one attached hydrogen (secondary N) is 2. The summed E-state index contributed by atoms with van der Waals surface area (Å²) < 4.78 is 16.5. The van der Waals surface area contributed by atoms with Crippen LogP contribution in [0.15, 0.2) is 29.5 Å². The van der Waals surface area contributed by atoms with Gasteiger partial charge in [-0.25, -0.2) is 9.59 Å². The molecule has 28 heavy (non-hydrogen) atoms. The lowest BCUT2D eigenvalue weighted by molar-refractivity contribution is -0.136. The molecule has 7 heteroatoms. The smallest absolute Gasteiger partial charge is 0.337 e. The summed E-state index contributed by atoms with van der Waals surface area (Å²) in [6, 6.07) is 4.46. The van der Waals surface area contributed by atoms with Gasteiger partial charge in [0.15, 0.2) is 11.5 Å². The summed E-state index contributed by atoms with van der Waals surface area (Å²) in [6.07, 6.45) is 1.99. The summed E-state index contributed by atoms with van der Waals surface area (Å²) in [5.41, 5.74) is 1.67. The second-order valence-electron chi connectivity index (χ2n) is 6.85. The Labute approximate surface area is 166 Å². The first kappa shape index (κ1) is 21.6. The van der Waals surface area contributed by atoms with Gasteiger partial charge in [0.1, 0.15) is 0 Å². The molecule has 2 N–H and O–H groups in total. The lowest BCUT2D eigenvalue weighted by atomic mass is 9.91. The van der Waals surface area contributed by atoms with Crippen molar-refractivity contribution in [3.8, 4) is 11.5 Å². The lowest BCUT2D eigenvalue weighted by Crippen LogP contribution is -2.47. The molecule has 0 bridgehead atoms. The van der Waals surface area contributed by atoms with E-state index in [1.54, 1.807) is 0 Å². The molecule has 1 heterocycles. The maximum Gasteiger partial charge on any atom is 0.337 e. The third-order valence-corrected chi connectivity index (χ3v) is 4.44. The van der Waals surface area contributed by atoms with Crippen molar-refractivity contribution in [2.45, 2.75) is 46.6 Å². The molecule has 7 nitrogen and oxygen atoms in total. The molecule has 1 aliphatic heterocycles. The number of hydrogen-bond acceptors (Lipinski definition) is 5. The van der Waals surface area contributed by atoms with E-state index in [9.17, 15) is 9.59 Å². The number of amides is 2. The average molecular weight is 390 g/mol. The maximum absolute atomic E-state index is 12.5. The van der Waals surface area contributed by atoms with Gasteiger partial charge in [0.05, 0.1) is 31.9 Å². The fourth-order valence-corrected chi connectivity index (χ4v) is 3.05. The van der Waals surface area contributed by atoms with Crippen molar-refractivity contribution in [1.82, 2.24) is 10.6 Å². The second-order valence-corrected chi connectivity index (χ2v) is 6.85. The van der Waals surface area contributed by atoms with E-state index in [2.05, 4.69) is 17.6 Å². The Bertz CT molecular complexity index is 742. The fraction of sp³-hybridized carbons (Fsp3) is 0.524. The molecule has 1 aliphatic rings. The van der Waals surface area contributed by atoms with Crippen molar-refractivity contribution >= 4 is 12.0 Å². The van der Waals surface area contributed by atoms with Crippen LogP contribution in [0.4, 0.5) is 4.79 Å². The highest BCUT2D eigenvalue weighted by Gasteiger charge is 2.34. The van der Waals surface area contributed by atoms with Gasteiger partial charge in [-0.05, 0) is 37.0 Å². The van der Waals surface area contributed by atoms with Gasteiger partial charge in [-0.15, -0.1) is 0 Å². The van der Waals surface area contributed by atoms with Gasteiger partial charge in [0.2, 0.25) is 0 Å². The topological polar surface area (TPSA) is 85.9 Å². The minimum Gasteiger partial charge on any atom is -0.490 e. The van der Waals surface area contributed by atoms with Gasteiger partial charge >= 0.3 is 12.0 Å². The largest absolute Gasteiger partial charge is 0.490 e. The predicted octanol–water partition coefficient (Wildman–Crippen LogP) is 3.70. The first-order valence-corrected chi connectivity index (χ1v) is 9.72. The van der Waals surface area contributed by atoms with E-state index in [4.69, 9.17) is 14.2 Å². The molecule has 1 atom stereocenters. The van der Waals surface area contributed by atoms with Gasteiger partial charge in [0.25, 0.3) is 0 Å². The molecule has 0 aliphatic carbocycles. The highest BCUT2D eigenvalue weighted by molar-refractivity contribution is 5.95. The molecule has 0 spiro atoms. The van der Waals surface area contributed by atoms with Crippen LogP contribution in [0.5, 0.6) is 11.5 Å². The quantitative estimate of drug-likeness (QED) is 0.496. The fourth-order valence-electron chi connectivity index (χ4n) is 3.05. The van der Waals surface area contributed by atoms with Crippen molar-refractivity contribution < 1.29 is 23.8 Å². The van der Waals surface area contributed by atoms with Crippen LogP contribution in [-0.2, 0) is 9.53 Å². The molecule has 0 fully saturated rings. The Morgan fingerprint density at radius 1 is 1.18 bits per heavy atom. The molecule has 0 saturated heterocycles. The van der Waals surface area contributed by atoms with Crippen molar-refractivity contribution in [1.29, 1.82) is 0 Å². The molecule has 1 aromatic rings. The minimum atomic E-state index is -0.637. The van der Waals surface area contributed by atoms with Crippen LogP contribution in [0.3, 0.4) is 0 Å². The summed E-state index contributed by atoms with van der Waals surface area (Å²) in [4.78, 5) is 24.7. The molecular weight excluding hydrogens is 360 g/mol. The highest BCUT2D eigenvalue weighted by Crippen LogP contribution is 2.36. The van der Waals surface area contributed by atoms with Crippen LogP contribution in [-0.4, -0.2) is 32.3 Å². The Hall–Kier alpha value is -2.70. The Morgan fingerprint density at radius 3 is 2.54 bits per heavy atom. The number of ether oxygens (including phenoxy) is 3. The number of esters is 1. The standard InChI is InChI=1S/C21H30N2O5/c1-6-8-11-28-15-10-9-14(12-16(15)27-7-2)19-17(20(24)26-5)18(13(3)4)22-21(25)23-19/h9-10,12-13,19H,6-8,11H2,1-5H3,(H2,22,23,25). The number of carbonyl (C=O) groups excluding carboxylic acids is 2. The maximum atomic E-state index is 12.5. The number of allylic oxidation sites excluding steroid dienone is 1. The minimum absolute atomic E-state index is 0.0503. The summed E-state index contributed by atoms with van der Waals surface area (Å²) in [5, 5.41) is 5.56. The third kappa shape index (κ3) is 4.97. The van der Waals surface area contributed by atoms with E-state index < -0.39 is 12.0 Å². The van der Waals surface area contributed by atoms with E-state index in [0.717, 1.165) is 18.4 Å². The number of unbranched alkanes of at least 4 members (excludes halogenated alkanes) is 1. The average Bonchev–Trinajstić information content (AvgIpc) is 2.68. The van der Waals surface area contributed by atoms with E-state index in [-0.39, 0.29) is 11.9 Å². The molecule has 0 saturated carbocycles. The van der Waals surface area contributed by atoms with Crippen LogP contribution in [0.1, 0.15) is 52.1 Å². The zero-order chi connectivity index (χ0) is 20.7. The van der Waals surface area contributed by atoms with E-state index >= 15 is 0 Å². The molecule has 0 aromatic heterocycles. The number of carbonyl (C=O) groups is 2. The second kappa shape index (κ2) is 10.0. The molecule has 1 aromatic carbocycles. The lowest BCUT2D eigenvalue weighted by Gasteiger charge is -2.31. The number of hydrogen-bond donors (Lipinski definition) is 2. The van der Waals surface area contributed by atoms with Crippen molar-refractivity contribution in [2.24, 2.45) is 5.92 Å². The zero-order valence-electron chi connectivity index (χ0n) is 17.3. The molecule has 0 radical (unpaired) electrons. The third-order valence-electron chi connectivity index (χ3n) is 4.44. The van der Waals surface area contributed by atoms with Gasteiger partial charge in [-0.3, -0.25) is 0 Å². The first-order chi connectivity index (χ1) is 13.4. The number of methoxy groups -OCH3 is 1. The van der Waals surface area contributed by atoms with Crippen molar-refractivity contribution in [2.75, 3.05) is 20.3 Å². The van der Waals surface area contributed by atoms with Crippen LogP contribution in [0.2, 0.25) is 0 Å². The van der Waals surface area contributed by atoms with Crippen LogP contribution in [0.25, 0.3) is 0 Å². The summed E-state index contributed by atoms with van der Waals surface area (Å²) >= 11 is 0. The Balaban J connectivity index is 2.47. The van der Waals surface area contributed by atoms with E-state index in [0.29, 0.717) is 36.0 Å². The first-order valence-electron chi connectivity index (χ1n) is 9.72. The summed E-state index contributed by atoms with van der Waals surface area (Å²) in [5.74, 6) is 0.694. The predicted molar refractivity (Wildman–Crippen MR) is 106 cm³/mol. The van der Waals surface area contributed by atoms with Crippen molar-refractivity contribution in [3.05, 3.63) is 35.0 Å². The molecule has 2 rings (SSSR count). The molecule has 1 unspecified atom stereocenters. The van der Waals surface area contributed by atoms with E-state index in [1.807, 2.05) is 39.0 Å². The number of benzene rings is 1. The van der Waals surface area contributed by atoms with E-state index in [1.165, 1.54) is 7.11 Å². The van der Waals surface area contributed by atoms with Gasteiger partial charge < -0.3 is 24.8 Å². The number of urea groups is 1. The van der Waals surface area contributed by atoms with Gasteiger partial charge in [-0.2, -0.15) is 0 Å². The van der Waals surface area contributed by atoms with Crippen molar-refractivity contribution in [3.63, 3.8) is 0 Å². The Morgan fingerprint density at radius 2 is 1.93 bits per heavy atom. The van der Waals surface area contributed by atoms with Crippen LogP contribution >= 0.6 is 0 Å². The summed E-state index contributed by atoms with van der Waals surface area (Å²) in [7, 11) is 1.33. The molecular formula is C21H30N2O5. The highest BCUT2D eigenvalue weighted by atomic mass is 16.5.